The van der Waals surface area contributed by atoms with Gasteiger partial charge in [0, 0.05) is 11.0 Å². The van der Waals surface area contributed by atoms with Gasteiger partial charge in [-0.2, -0.15) is 5.48 Å². The third kappa shape index (κ3) is 3.04. The van der Waals surface area contributed by atoms with Crippen molar-refractivity contribution >= 4 is 15.9 Å². The highest BCUT2D eigenvalue weighted by Gasteiger charge is 2.07. The molecule has 0 bridgehead atoms. The minimum atomic E-state index is -0.950. The van der Waals surface area contributed by atoms with Gasteiger partial charge < -0.3 is 4.84 Å². The van der Waals surface area contributed by atoms with E-state index in [2.05, 4.69) is 21.4 Å². The van der Waals surface area contributed by atoms with Crippen LogP contribution in [0.5, 0.6) is 0 Å². The molecule has 0 spiro atoms. The Morgan fingerprint density at radius 3 is 2.79 bits per heavy atom. The molecule has 2 nitrogen and oxygen atoms in total. The van der Waals surface area contributed by atoms with Gasteiger partial charge in [0.15, 0.2) is 0 Å². The molecule has 0 aliphatic heterocycles. The van der Waals surface area contributed by atoms with Gasteiger partial charge in [0.25, 0.3) is 0 Å². The predicted molar refractivity (Wildman–Crippen MR) is 57.5 cm³/mol. The lowest BCUT2D eigenvalue weighted by molar-refractivity contribution is 0.0867. The van der Waals surface area contributed by atoms with Gasteiger partial charge >= 0.3 is 0 Å². The zero-order chi connectivity index (χ0) is 10.6. The zero-order valence-electron chi connectivity index (χ0n) is 8.18. The first-order valence-corrected chi connectivity index (χ1v) is 5.12. The van der Waals surface area contributed by atoms with Crippen molar-refractivity contribution in [2.45, 2.75) is 19.6 Å². The average molecular weight is 262 g/mol. The third-order valence-electron chi connectivity index (χ3n) is 1.91. The molecular weight excluding hydrogens is 249 g/mol. The van der Waals surface area contributed by atoms with E-state index in [-0.39, 0.29) is 0 Å². The molecule has 0 heterocycles. The quantitative estimate of drug-likeness (QED) is 0.842. The Labute approximate surface area is 91.5 Å². The van der Waals surface area contributed by atoms with Gasteiger partial charge in [-0.25, -0.2) is 4.39 Å². The topological polar surface area (TPSA) is 21.3 Å². The van der Waals surface area contributed by atoms with Crippen molar-refractivity contribution in [2.75, 3.05) is 7.11 Å². The lowest BCUT2D eigenvalue weighted by Crippen LogP contribution is -2.10. The molecular formula is C10H13BrFNO. The average Bonchev–Trinajstić information content (AvgIpc) is 2.14. The Kier molecular flexibility index (Phi) is 4.51. The molecule has 1 atom stereocenters. The number of benzene rings is 1. The fraction of sp³-hybridized carbons (Fsp3) is 0.400. The predicted octanol–water partition coefficient (Wildman–Crippen LogP) is 3.13. The van der Waals surface area contributed by atoms with Gasteiger partial charge in [-0.15, -0.1) is 0 Å². The normalized spacial score (nSPS) is 12.9. The second-order valence-electron chi connectivity index (χ2n) is 3.00. The second-order valence-corrected chi connectivity index (χ2v) is 3.85. The summed E-state index contributed by atoms with van der Waals surface area (Å²) in [5.41, 5.74) is 4.44. The van der Waals surface area contributed by atoms with Crippen LogP contribution in [-0.2, 0) is 11.4 Å². The van der Waals surface area contributed by atoms with Crippen LogP contribution in [0.3, 0.4) is 0 Å². The number of hydrogen-bond donors (Lipinski definition) is 1. The number of alkyl halides is 1. The molecule has 78 valence electrons. The largest absolute Gasteiger partial charge is 0.305 e. The summed E-state index contributed by atoms with van der Waals surface area (Å²) in [5.74, 6) is 0. The minimum Gasteiger partial charge on any atom is -0.305 e. The number of halogens is 2. The van der Waals surface area contributed by atoms with Gasteiger partial charge in [-0.05, 0) is 24.1 Å². The van der Waals surface area contributed by atoms with Gasteiger partial charge in [-0.3, -0.25) is 0 Å². The molecule has 0 amide bonds. The van der Waals surface area contributed by atoms with Crippen LogP contribution in [-0.4, -0.2) is 7.11 Å². The Morgan fingerprint density at radius 2 is 2.29 bits per heavy atom. The van der Waals surface area contributed by atoms with Crippen LogP contribution >= 0.6 is 15.9 Å². The smallest absolute Gasteiger partial charge is 0.123 e. The van der Waals surface area contributed by atoms with Crippen molar-refractivity contribution in [1.29, 1.82) is 0 Å². The summed E-state index contributed by atoms with van der Waals surface area (Å²) in [5, 5.41) is 0. The van der Waals surface area contributed by atoms with Crippen molar-refractivity contribution < 1.29 is 9.23 Å². The maximum absolute atomic E-state index is 13.0. The molecule has 0 saturated carbocycles. The van der Waals surface area contributed by atoms with E-state index in [4.69, 9.17) is 4.84 Å². The monoisotopic (exact) mass is 261 g/mol. The molecule has 0 fully saturated rings. The van der Waals surface area contributed by atoms with E-state index >= 15 is 0 Å². The Bertz CT molecular complexity index is 304. The number of nitrogens with one attached hydrogen (secondary N) is 1. The number of rotatable bonds is 4. The summed E-state index contributed by atoms with van der Waals surface area (Å²) in [6, 6.07) is 5.54. The van der Waals surface area contributed by atoms with E-state index in [0.717, 1.165) is 10.0 Å². The van der Waals surface area contributed by atoms with Crippen LogP contribution in [0.25, 0.3) is 0 Å². The minimum absolute atomic E-state index is 0.607. The van der Waals surface area contributed by atoms with Crippen LogP contribution in [0, 0.1) is 0 Å². The first-order valence-electron chi connectivity index (χ1n) is 4.33. The lowest BCUT2D eigenvalue weighted by Gasteiger charge is -2.08. The van der Waals surface area contributed by atoms with E-state index in [1.807, 2.05) is 12.1 Å². The summed E-state index contributed by atoms with van der Waals surface area (Å²) in [7, 11) is 1.56. The van der Waals surface area contributed by atoms with Crippen molar-refractivity contribution in [3.05, 3.63) is 33.8 Å². The first-order chi connectivity index (χ1) is 6.65. The zero-order valence-corrected chi connectivity index (χ0v) is 9.77. The highest BCUT2D eigenvalue weighted by Crippen LogP contribution is 2.26. The van der Waals surface area contributed by atoms with Crippen LogP contribution in [0.2, 0.25) is 0 Å². The SMILES string of the molecule is CONCc1ccc(C(C)F)c(Br)c1. The van der Waals surface area contributed by atoms with E-state index in [9.17, 15) is 4.39 Å². The van der Waals surface area contributed by atoms with Gasteiger partial charge in [0.2, 0.25) is 0 Å². The molecule has 1 aromatic carbocycles. The Morgan fingerprint density at radius 1 is 1.57 bits per heavy atom. The molecule has 1 aromatic rings. The standard InChI is InChI=1S/C10H13BrFNO/c1-7(12)9-4-3-8(5-10(9)11)6-13-14-2/h3-5,7,13H,6H2,1-2H3. The van der Waals surface area contributed by atoms with Crippen molar-refractivity contribution in [3.8, 4) is 0 Å². The Balaban J connectivity index is 2.78. The fourth-order valence-corrected chi connectivity index (χ4v) is 1.90. The van der Waals surface area contributed by atoms with Crippen molar-refractivity contribution in [2.24, 2.45) is 0 Å². The maximum atomic E-state index is 13.0. The summed E-state index contributed by atoms with van der Waals surface area (Å²) in [6.45, 7) is 2.13. The van der Waals surface area contributed by atoms with Crippen LogP contribution < -0.4 is 5.48 Å². The highest BCUT2D eigenvalue weighted by atomic mass is 79.9. The first kappa shape index (κ1) is 11.6. The van der Waals surface area contributed by atoms with Crippen LogP contribution in [0.1, 0.15) is 24.2 Å². The summed E-state index contributed by atoms with van der Waals surface area (Å²) in [4.78, 5) is 4.72. The summed E-state index contributed by atoms with van der Waals surface area (Å²) in [6.07, 6.45) is -0.950. The molecule has 1 rings (SSSR count). The maximum Gasteiger partial charge on any atom is 0.123 e. The highest BCUT2D eigenvalue weighted by molar-refractivity contribution is 9.10. The fourth-order valence-electron chi connectivity index (χ4n) is 1.16. The molecule has 0 aromatic heterocycles. The van der Waals surface area contributed by atoms with E-state index < -0.39 is 6.17 Å². The van der Waals surface area contributed by atoms with Crippen LogP contribution in [0.4, 0.5) is 4.39 Å². The molecule has 1 unspecified atom stereocenters. The van der Waals surface area contributed by atoms with Gasteiger partial charge in [0.05, 0.1) is 7.11 Å². The number of hydrogen-bond acceptors (Lipinski definition) is 2. The lowest BCUT2D eigenvalue weighted by atomic mass is 10.1. The molecule has 4 heteroatoms. The summed E-state index contributed by atoms with van der Waals surface area (Å²) < 4.78 is 13.8. The van der Waals surface area contributed by atoms with Gasteiger partial charge in [-0.1, -0.05) is 28.1 Å². The van der Waals surface area contributed by atoms with Crippen LogP contribution in [0.15, 0.2) is 22.7 Å². The van der Waals surface area contributed by atoms with E-state index in [1.165, 1.54) is 6.92 Å². The number of hydroxylamine groups is 1. The molecule has 14 heavy (non-hydrogen) atoms. The van der Waals surface area contributed by atoms with Crippen molar-refractivity contribution in [3.63, 3.8) is 0 Å². The van der Waals surface area contributed by atoms with E-state index in [1.54, 1.807) is 13.2 Å². The Hall–Kier alpha value is -0.450. The van der Waals surface area contributed by atoms with Gasteiger partial charge in [0.1, 0.15) is 6.17 Å². The molecule has 0 aliphatic rings. The molecule has 1 N–H and O–H groups in total. The molecule has 0 saturated heterocycles. The molecule has 0 aliphatic carbocycles. The van der Waals surface area contributed by atoms with E-state index in [0.29, 0.717) is 12.1 Å². The molecule has 0 radical (unpaired) electrons. The van der Waals surface area contributed by atoms with Crippen molar-refractivity contribution in [1.82, 2.24) is 5.48 Å². The second kappa shape index (κ2) is 5.44. The third-order valence-corrected chi connectivity index (χ3v) is 2.60. The summed E-state index contributed by atoms with van der Waals surface area (Å²) >= 11 is 3.33.